The lowest BCUT2D eigenvalue weighted by Crippen LogP contribution is -2.34. The Morgan fingerprint density at radius 2 is 1.05 bits per heavy atom. The van der Waals surface area contributed by atoms with E-state index in [0.29, 0.717) is 11.4 Å². The van der Waals surface area contributed by atoms with Gasteiger partial charge in [-0.15, -0.1) is 0 Å². The van der Waals surface area contributed by atoms with Crippen LogP contribution in [0.15, 0.2) is 82.8 Å². The van der Waals surface area contributed by atoms with Crippen LogP contribution in [0.25, 0.3) is 0 Å². The van der Waals surface area contributed by atoms with Crippen LogP contribution in [0.2, 0.25) is 0 Å². The number of rotatable bonds is 10. The molecule has 0 saturated heterocycles. The summed E-state index contributed by atoms with van der Waals surface area (Å²) in [5.41, 5.74) is 3.45. The topological polar surface area (TPSA) is 165 Å². The van der Waals surface area contributed by atoms with Gasteiger partial charge in [0.15, 0.2) is 0 Å². The number of hydrogen-bond donors (Lipinski definition) is 6. The minimum atomic E-state index is -0.513. The molecular weight excluding hydrogens is 536 g/mol. The molecule has 0 aliphatic carbocycles. The molecule has 0 radical (unpaired) electrons. The smallest absolute Gasteiger partial charge is 0.251 e. The molecule has 0 saturated carbocycles. The van der Waals surface area contributed by atoms with Crippen LogP contribution in [0.1, 0.15) is 31.8 Å². The van der Waals surface area contributed by atoms with Crippen molar-refractivity contribution >= 4 is 46.7 Å². The van der Waals surface area contributed by atoms with Gasteiger partial charge in [0, 0.05) is 46.7 Å². The molecule has 0 aromatic heterocycles. The zero-order chi connectivity index (χ0) is 29.3. The Labute approximate surface area is 242 Å². The number of amides is 4. The minimum absolute atomic E-state index is 0.204. The van der Waals surface area contributed by atoms with Gasteiger partial charge in [-0.3, -0.25) is 29.2 Å². The molecule has 3 aromatic carbocycles. The van der Waals surface area contributed by atoms with E-state index in [1.165, 1.54) is 18.2 Å². The summed E-state index contributed by atoms with van der Waals surface area (Å²) >= 11 is 0. The third-order valence-corrected chi connectivity index (χ3v) is 6.44. The first-order valence-corrected chi connectivity index (χ1v) is 13.5. The molecule has 12 heteroatoms. The van der Waals surface area contributed by atoms with Crippen LogP contribution < -0.4 is 31.9 Å². The summed E-state index contributed by atoms with van der Waals surface area (Å²) in [6.07, 6.45) is 0. The van der Waals surface area contributed by atoms with Crippen molar-refractivity contribution < 1.29 is 19.2 Å². The van der Waals surface area contributed by atoms with Crippen molar-refractivity contribution in [2.75, 3.05) is 49.9 Å². The maximum atomic E-state index is 12.6. The molecule has 12 nitrogen and oxygen atoms in total. The van der Waals surface area contributed by atoms with E-state index in [1.54, 1.807) is 30.3 Å². The quantitative estimate of drug-likeness (QED) is 0.215. The van der Waals surface area contributed by atoms with Crippen molar-refractivity contribution in [3.8, 4) is 0 Å². The van der Waals surface area contributed by atoms with Gasteiger partial charge in [-0.1, -0.05) is 6.07 Å². The second kappa shape index (κ2) is 13.2. The van der Waals surface area contributed by atoms with Crippen LogP contribution in [0.5, 0.6) is 0 Å². The van der Waals surface area contributed by atoms with Crippen molar-refractivity contribution in [2.24, 2.45) is 9.98 Å². The summed E-state index contributed by atoms with van der Waals surface area (Å²) in [5, 5.41) is 17.0. The van der Waals surface area contributed by atoms with Gasteiger partial charge in [0.25, 0.3) is 11.8 Å². The second-order valence-corrected chi connectivity index (χ2v) is 9.51. The Kier molecular flexibility index (Phi) is 8.82. The lowest BCUT2D eigenvalue weighted by atomic mass is 10.1. The molecule has 42 heavy (non-hydrogen) atoms. The van der Waals surface area contributed by atoms with E-state index in [1.807, 2.05) is 24.3 Å². The van der Waals surface area contributed by atoms with Gasteiger partial charge < -0.3 is 31.9 Å². The van der Waals surface area contributed by atoms with E-state index >= 15 is 0 Å². The fourth-order valence-electron chi connectivity index (χ4n) is 4.34. The largest absolute Gasteiger partial charge is 0.368 e. The number of anilines is 2. The van der Waals surface area contributed by atoms with Crippen LogP contribution in [0.3, 0.4) is 0 Å². The molecule has 0 atom stereocenters. The van der Waals surface area contributed by atoms with Crippen LogP contribution in [-0.4, -0.2) is 74.6 Å². The lowest BCUT2D eigenvalue weighted by molar-refractivity contribution is -0.116. The highest BCUT2D eigenvalue weighted by Gasteiger charge is 2.14. The molecular formula is C30H30N8O4. The van der Waals surface area contributed by atoms with Gasteiger partial charge in [0.1, 0.15) is 11.7 Å². The molecule has 0 fully saturated rings. The molecule has 2 aliphatic rings. The Morgan fingerprint density at radius 1 is 0.619 bits per heavy atom. The lowest BCUT2D eigenvalue weighted by Gasteiger charge is -2.10. The average Bonchev–Trinajstić information content (AvgIpc) is 3.75. The predicted octanol–water partition coefficient (Wildman–Crippen LogP) is 1.12. The van der Waals surface area contributed by atoms with E-state index in [9.17, 15) is 19.2 Å². The first-order valence-electron chi connectivity index (χ1n) is 13.5. The van der Waals surface area contributed by atoms with Crippen LogP contribution >= 0.6 is 0 Å². The van der Waals surface area contributed by atoms with Gasteiger partial charge in [-0.25, -0.2) is 0 Å². The van der Waals surface area contributed by atoms with Crippen molar-refractivity contribution in [1.29, 1.82) is 0 Å². The van der Waals surface area contributed by atoms with Crippen molar-refractivity contribution in [1.82, 2.24) is 21.3 Å². The number of benzene rings is 3. The summed E-state index contributed by atoms with van der Waals surface area (Å²) < 4.78 is 0. The summed E-state index contributed by atoms with van der Waals surface area (Å²) in [5.74, 6) is -0.166. The van der Waals surface area contributed by atoms with Crippen LogP contribution in [0.4, 0.5) is 11.4 Å². The Bertz CT molecular complexity index is 1440. The molecule has 214 valence electrons. The first kappa shape index (κ1) is 28.0. The van der Waals surface area contributed by atoms with Crippen molar-refractivity contribution in [2.45, 2.75) is 0 Å². The van der Waals surface area contributed by atoms with E-state index in [2.05, 4.69) is 41.9 Å². The maximum Gasteiger partial charge on any atom is 0.251 e. The highest BCUT2D eigenvalue weighted by atomic mass is 16.2. The highest BCUT2D eigenvalue weighted by molar-refractivity contribution is 6.04. The first-order chi connectivity index (χ1) is 20.4. The molecule has 6 N–H and O–H groups in total. The Morgan fingerprint density at radius 3 is 1.43 bits per heavy atom. The summed E-state index contributed by atoms with van der Waals surface area (Å²) in [6.45, 7) is 2.59. The maximum absolute atomic E-state index is 12.6. The number of amidine groups is 2. The molecule has 2 heterocycles. The van der Waals surface area contributed by atoms with Gasteiger partial charge in [0.2, 0.25) is 11.8 Å². The fraction of sp³-hybridized carbons (Fsp3) is 0.200. The Balaban J connectivity index is 1.06. The van der Waals surface area contributed by atoms with Crippen molar-refractivity contribution in [3.05, 3.63) is 95.1 Å². The fourth-order valence-corrected chi connectivity index (χ4v) is 4.34. The summed E-state index contributed by atoms with van der Waals surface area (Å²) in [4.78, 5) is 58.7. The zero-order valence-corrected chi connectivity index (χ0v) is 22.7. The zero-order valence-electron chi connectivity index (χ0n) is 22.7. The molecule has 0 spiro atoms. The predicted molar refractivity (Wildman–Crippen MR) is 160 cm³/mol. The minimum Gasteiger partial charge on any atom is -0.368 e. The van der Waals surface area contributed by atoms with Gasteiger partial charge in [-0.05, 0) is 66.7 Å². The van der Waals surface area contributed by atoms with Crippen molar-refractivity contribution in [3.63, 3.8) is 0 Å². The van der Waals surface area contributed by atoms with Gasteiger partial charge >= 0.3 is 0 Å². The molecule has 3 aromatic rings. The van der Waals surface area contributed by atoms with Crippen LogP contribution in [-0.2, 0) is 9.59 Å². The number of nitrogens with one attached hydrogen (secondary N) is 6. The third kappa shape index (κ3) is 7.36. The molecule has 5 rings (SSSR count). The average molecular weight is 567 g/mol. The normalized spacial score (nSPS) is 13.6. The van der Waals surface area contributed by atoms with Gasteiger partial charge in [-0.2, -0.15) is 0 Å². The number of carbonyl (C=O) groups is 4. The van der Waals surface area contributed by atoms with E-state index in [4.69, 9.17) is 0 Å². The SMILES string of the molecule is O=C(CNC(=O)c1cccc(C(=O)NCC(=O)Nc2ccc(C3=NCCN3)cc2)c1)Nc1ccc(C2=NCCN2)cc1. The summed E-state index contributed by atoms with van der Waals surface area (Å²) in [6, 6.07) is 20.5. The third-order valence-electron chi connectivity index (χ3n) is 6.44. The number of aliphatic imine (C=N–C) groups is 2. The highest BCUT2D eigenvalue weighted by Crippen LogP contribution is 2.12. The molecule has 4 amide bonds. The number of nitrogens with zero attached hydrogens (tertiary/aromatic N) is 2. The number of carbonyl (C=O) groups excluding carboxylic acids is 4. The van der Waals surface area contributed by atoms with Crippen LogP contribution in [0, 0.1) is 0 Å². The van der Waals surface area contributed by atoms with E-state index in [-0.39, 0.29) is 24.2 Å². The van der Waals surface area contributed by atoms with Gasteiger partial charge in [0.05, 0.1) is 26.2 Å². The number of hydrogen-bond acceptors (Lipinski definition) is 8. The standard InChI is InChI=1S/C30H30N8O4/c39-25(37-23-8-4-19(5-9-23)27-31-12-13-32-27)17-35-29(41)21-2-1-3-22(16-21)30(42)36-18-26(40)38-24-10-6-20(7-11-24)28-33-14-15-34-28/h1-11,16H,12-15,17-18H2,(H,31,32)(H,33,34)(H,35,41)(H,36,42)(H,37,39)(H,38,40). The molecule has 0 bridgehead atoms. The van der Waals surface area contributed by atoms with E-state index in [0.717, 1.165) is 49.0 Å². The van der Waals surface area contributed by atoms with E-state index < -0.39 is 23.6 Å². The molecule has 0 unspecified atom stereocenters. The summed E-state index contributed by atoms with van der Waals surface area (Å²) in [7, 11) is 0. The monoisotopic (exact) mass is 566 g/mol. The Hall–Kier alpha value is -5.52. The second-order valence-electron chi connectivity index (χ2n) is 9.51. The molecule has 2 aliphatic heterocycles.